The van der Waals surface area contributed by atoms with Gasteiger partial charge in [-0.05, 0) is 37.1 Å². The molecule has 1 aromatic carbocycles. The molecule has 94 valence electrons. The van der Waals surface area contributed by atoms with Crippen LogP contribution in [0.25, 0.3) is 0 Å². The molecule has 0 fully saturated rings. The molecule has 3 rings (SSSR count). The lowest BCUT2D eigenvalue weighted by molar-refractivity contribution is 0.235. The summed E-state index contributed by atoms with van der Waals surface area (Å²) in [4.78, 5) is 2.44. The largest absolute Gasteiger partial charge is 0.297 e. The van der Waals surface area contributed by atoms with Crippen molar-refractivity contribution in [2.45, 2.75) is 25.4 Å². The first-order valence-electron chi connectivity index (χ1n) is 6.48. The van der Waals surface area contributed by atoms with Crippen molar-refractivity contribution >= 4 is 0 Å². The average Bonchev–Trinajstić information content (AvgIpc) is 2.96. The summed E-state index contributed by atoms with van der Waals surface area (Å²) in [5.74, 6) is 0. The van der Waals surface area contributed by atoms with Crippen molar-refractivity contribution in [1.29, 1.82) is 0 Å². The molecule has 0 aliphatic heterocycles. The van der Waals surface area contributed by atoms with Crippen LogP contribution in [0.2, 0.25) is 0 Å². The monoisotopic (exact) mass is 241 g/mol. The van der Waals surface area contributed by atoms with Crippen LogP contribution in [0.3, 0.4) is 0 Å². The molecule has 0 spiro atoms. The van der Waals surface area contributed by atoms with Gasteiger partial charge in [0.2, 0.25) is 0 Å². The van der Waals surface area contributed by atoms with Crippen molar-refractivity contribution in [3.63, 3.8) is 0 Å². The van der Waals surface area contributed by atoms with E-state index in [0.29, 0.717) is 6.04 Å². The van der Waals surface area contributed by atoms with Gasteiger partial charge >= 0.3 is 0 Å². The number of benzene rings is 1. The minimum atomic E-state index is 0.622. The van der Waals surface area contributed by atoms with Gasteiger partial charge in [0, 0.05) is 25.8 Å². The molecule has 3 heteroatoms. The van der Waals surface area contributed by atoms with Gasteiger partial charge in [0.05, 0.1) is 5.69 Å². The first-order chi connectivity index (χ1) is 8.74. The third-order valence-corrected chi connectivity index (χ3v) is 3.99. The summed E-state index contributed by atoms with van der Waals surface area (Å²) in [6, 6.07) is 11.5. The topological polar surface area (TPSA) is 21.1 Å². The molecule has 1 aliphatic carbocycles. The van der Waals surface area contributed by atoms with Gasteiger partial charge in [-0.3, -0.25) is 9.58 Å². The summed E-state index contributed by atoms with van der Waals surface area (Å²) in [7, 11) is 4.22. The maximum absolute atomic E-state index is 4.23. The minimum absolute atomic E-state index is 0.622. The Morgan fingerprint density at radius 3 is 2.44 bits per heavy atom. The molecule has 0 saturated carbocycles. The lowest BCUT2D eigenvalue weighted by Gasteiger charge is -2.23. The van der Waals surface area contributed by atoms with Gasteiger partial charge in [0.25, 0.3) is 0 Å². The van der Waals surface area contributed by atoms with Crippen LogP contribution >= 0.6 is 0 Å². The maximum atomic E-state index is 4.23. The van der Waals surface area contributed by atoms with Gasteiger partial charge < -0.3 is 0 Å². The average molecular weight is 241 g/mol. The Bertz CT molecular complexity index is 519. The van der Waals surface area contributed by atoms with E-state index in [4.69, 9.17) is 0 Å². The molecule has 2 aromatic rings. The highest BCUT2D eigenvalue weighted by atomic mass is 15.3. The Hall–Kier alpha value is -1.61. The van der Waals surface area contributed by atoms with Crippen molar-refractivity contribution in [1.82, 2.24) is 14.7 Å². The van der Waals surface area contributed by atoms with E-state index in [1.54, 1.807) is 0 Å². The van der Waals surface area contributed by atoms with E-state index in [9.17, 15) is 0 Å². The normalized spacial score (nSPS) is 15.3. The van der Waals surface area contributed by atoms with Gasteiger partial charge in [-0.2, -0.15) is 5.10 Å². The molecule has 0 radical (unpaired) electrons. The molecule has 18 heavy (non-hydrogen) atoms. The lowest BCUT2D eigenvalue weighted by atomic mass is 10.1. The van der Waals surface area contributed by atoms with Crippen LogP contribution in [-0.2, 0) is 26.4 Å². The fourth-order valence-corrected chi connectivity index (χ4v) is 2.79. The summed E-state index contributed by atoms with van der Waals surface area (Å²) in [6.07, 6.45) is 4.21. The van der Waals surface area contributed by atoms with Crippen LogP contribution in [0.4, 0.5) is 0 Å². The van der Waals surface area contributed by atoms with Gasteiger partial charge in [0.15, 0.2) is 0 Å². The SMILES string of the molecule is CN(Cc1ccnn1C)C1Cc2ccccc2C1. The number of likely N-dealkylation sites (N-methyl/N-ethyl adjacent to an activating group) is 1. The van der Waals surface area contributed by atoms with E-state index in [1.165, 1.54) is 29.7 Å². The van der Waals surface area contributed by atoms with Crippen molar-refractivity contribution in [2.24, 2.45) is 7.05 Å². The molecule has 0 unspecified atom stereocenters. The predicted molar refractivity (Wildman–Crippen MR) is 72.3 cm³/mol. The number of hydrogen-bond acceptors (Lipinski definition) is 2. The highest BCUT2D eigenvalue weighted by molar-refractivity contribution is 5.33. The zero-order valence-corrected chi connectivity index (χ0v) is 11.0. The number of aryl methyl sites for hydroxylation is 1. The third kappa shape index (κ3) is 2.06. The Balaban J connectivity index is 1.69. The molecule has 3 nitrogen and oxygen atoms in total. The van der Waals surface area contributed by atoms with Crippen molar-refractivity contribution in [2.75, 3.05) is 7.05 Å². The van der Waals surface area contributed by atoms with Crippen LogP contribution in [-0.4, -0.2) is 27.8 Å². The van der Waals surface area contributed by atoms with Crippen molar-refractivity contribution in [3.8, 4) is 0 Å². The molecular formula is C15H19N3. The van der Waals surface area contributed by atoms with Crippen LogP contribution < -0.4 is 0 Å². The summed E-state index contributed by atoms with van der Waals surface area (Å²) >= 11 is 0. The van der Waals surface area contributed by atoms with Crippen LogP contribution in [0, 0.1) is 0 Å². The number of nitrogens with zero attached hydrogens (tertiary/aromatic N) is 3. The molecule has 1 heterocycles. The lowest BCUT2D eigenvalue weighted by Crippen LogP contribution is -2.32. The van der Waals surface area contributed by atoms with Crippen molar-refractivity contribution < 1.29 is 0 Å². The van der Waals surface area contributed by atoms with E-state index in [0.717, 1.165) is 6.54 Å². The number of rotatable bonds is 3. The Labute approximate surface area is 108 Å². The summed E-state index contributed by atoms with van der Waals surface area (Å²) in [5, 5.41) is 4.23. The van der Waals surface area contributed by atoms with E-state index < -0.39 is 0 Å². The van der Waals surface area contributed by atoms with Gasteiger partial charge in [-0.1, -0.05) is 24.3 Å². The summed E-state index contributed by atoms with van der Waals surface area (Å²) in [6.45, 7) is 0.967. The van der Waals surface area contributed by atoms with Crippen LogP contribution in [0.1, 0.15) is 16.8 Å². The summed E-state index contributed by atoms with van der Waals surface area (Å²) in [5.41, 5.74) is 4.30. The molecule has 0 atom stereocenters. The van der Waals surface area contributed by atoms with Crippen LogP contribution in [0.5, 0.6) is 0 Å². The molecule has 1 aromatic heterocycles. The molecule has 0 N–H and O–H groups in total. The fraction of sp³-hybridized carbons (Fsp3) is 0.400. The van der Waals surface area contributed by atoms with Gasteiger partial charge in [0.1, 0.15) is 0 Å². The third-order valence-electron chi connectivity index (χ3n) is 3.99. The highest BCUT2D eigenvalue weighted by Crippen LogP contribution is 2.25. The predicted octanol–water partition coefficient (Wildman–Crippen LogP) is 2.02. The first-order valence-corrected chi connectivity index (χ1v) is 6.48. The molecule has 0 bridgehead atoms. The second-order valence-electron chi connectivity index (χ2n) is 5.19. The maximum Gasteiger partial charge on any atom is 0.0521 e. The number of fused-ring (bicyclic) bond motifs is 1. The molecule has 0 amide bonds. The quantitative estimate of drug-likeness (QED) is 0.819. The molecular weight excluding hydrogens is 222 g/mol. The second kappa shape index (κ2) is 4.58. The fourth-order valence-electron chi connectivity index (χ4n) is 2.79. The Morgan fingerprint density at radius 2 is 1.89 bits per heavy atom. The van der Waals surface area contributed by atoms with E-state index in [1.807, 2.05) is 17.9 Å². The smallest absolute Gasteiger partial charge is 0.0521 e. The van der Waals surface area contributed by atoms with E-state index >= 15 is 0 Å². The number of hydrogen-bond donors (Lipinski definition) is 0. The Kier molecular flexibility index (Phi) is 2.92. The second-order valence-corrected chi connectivity index (χ2v) is 5.19. The van der Waals surface area contributed by atoms with Crippen LogP contribution in [0.15, 0.2) is 36.5 Å². The zero-order valence-electron chi connectivity index (χ0n) is 11.0. The summed E-state index contributed by atoms with van der Waals surface area (Å²) < 4.78 is 1.96. The van der Waals surface area contributed by atoms with E-state index in [-0.39, 0.29) is 0 Å². The first kappa shape index (κ1) is 11.5. The van der Waals surface area contributed by atoms with Gasteiger partial charge in [-0.15, -0.1) is 0 Å². The molecule has 0 saturated heterocycles. The standard InChI is InChI=1S/C15H19N3/c1-17(11-14-7-8-16-18(14)2)15-9-12-5-3-4-6-13(12)10-15/h3-8,15H,9-11H2,1-2H3. The zero-order chi connectivity index (χ0) is 12.5. The van der Waals surface area contributed by atoms with E-state index in [2.05, 4.69) is 47.4 Å². The Morgan fingerprint density at radius 1 is 1.22 bits per heavy atom. The minimum Gasteiger partial charge on any atom is -0.297 e. The van der Waals surface area contributed by atoms with Gasteiger partial charge in [-0.25, -0.2) is 0 Å². The number of aromatic nitrogens is 2. The van der Waals surface area contributed by atoms with Crippen molar-refractivity contribution in [3.05, 3.63) is 53.3 Å². The molecule has 1 aliphatic rings. The highest BCUT2D eigenvalue weighted by Gasteiger charge is 2.24.